The van der Waals surface area contributed by atoms with E-state index in [9.17, 15) is 9.90 Å². The molecule has 1 aromatic rings. The summed E-state index contributed by atoms with van der Waals surface area (Å²) in [6.07, 6.45) is 2.65. The third kappa shape index (κ3) is 3.25. The summed E-state index contributed by atoms with van der Waals surface area (Å²) in [5.41, 5.74) is 0.396. The molecule has 114 valence electrons. The number of rotatable bonds is 6. The standard InChI is InChI=1S/C16H19Br2NO2/c1-2-3-9-13-14(18)16(21,11-17)19(15(13)20)10-12-7-5-4-6-8-12/h4-8,21H,2-3,9-11H2,1H3. The second kappa shape index (κ2) is 7.07. The molecule has 0 fully saturated rings. The minimum Gasteiger partial charge on any atom is -0.366 e. The van der Waals surface area contributed by atoms with Crippen molar-refractivity contribution in [3.05, 3.63) is 46.0 Å². The fraction of sp³-hybridized carbons (Fsp3) is 0.438. The number of carbonyl (C=O) groups excluding carboxylic acids is 1. The summed E-state index contributed by atoms with van der Waals surface area (Å²) in [7, 11) is 0. The Kier molecular flexibility index (Phi) is 5.63. The number of carbonyl (C=O) groups is 1. The van der Waals surface area contributed by atoms with E-state index in [2.05, 4.69) is 38.8 Å². The second-order valence-corrected chi connectivity index (χ2v) is 6.58. The highest BCUT2D eigenvalue weighted by Gasteiger charge is 2.48. The summed E-state index contributed by atoms with van der Waals surface area (Å²) < 4.78 is 0.598. The Balaban J connectivity index is 2.28. The van der Waals surface area contributed by atoms with Gasteiger partial charge in [-0.25, -0.2) is 0 Å². The molecular weight excluding hydrogens is 398 g/mol. The van der Waals surface area contributed by atoms with Gasteiger partial charge in [0.25, 0.3) is 5.91 Å². The Morgan fingerprint density at radius 1 is 1.29 bits per heavy atom. The highest BCUT2D eigenvalue weighted by Crippen LogP contribution is 2.41. The number of unbranched alkanes of at least 4 members (excludes halogenated alkanes) is 1. The molecule has 2 rings (SSSR count). The molecule has 21 heavy (non-hydrogen) atoms. The third-order valence-electron chi connectivity index (χ3n) is 3.72. The van der Waals surface area contributed by atoms with Gasteiger partial charge in [-0.15, -0.1) is 0 Å². The van der Waals surface area contributed by atoms with Gasteiger partial charge in [-0.2, -0.15) is 0 Å². The van der Waals surface area contributed by atoms with Crippen molar-refractivity contribution in [2.24, 2.45) is 0 Å². The van der Waals surface area contributed by atoms with Crippen LogP contribution in [0.3, 0.4) is 0 Å². The van der Waals surface area contributed by atoms with E-state index in [1.165, 1.54) is 4.90 Å². The Morgan fingerprint density at radius 2 is 1.95 bits per heavy atom. The van der Waals surface area contributed by atoms with E-state index in [1.54, 1.807) is 0 Å². The lowest BCUT2D eigenvalue weighted by Crippen LogP contribution is -2.48. The average molecular weight is 417 g/mol. The first-order chi connectivity index (χ1) is 10.0. The molecule has 0 saturated carbocycles. The van der Waals surface area contributed by atoms with Gasteiger partial charge in [0.2, 0.25) is 0 Å². The van der Waals surface area contributed by atoms with Gasteiger partial charge in [-0.1, -0.05) is 59.6 Å². The van der Waals surface area contributed by atoms with Crippen LogP contribution in [-0.2, 0) is 11.3 Å². The van der Waals surface area contributed by atoms with Crippen molar-refractivity contribution >= 4 is 37.8 Å². The summed E-state index contributed by atoms with van der Waals surface area (Å²) in [4.78, 5) is 14.2. The summed E-state index contributed by atoms with van der Waals surface area (Å²) in [6.45, 7) is 2.48. The molecule has 5 heteroatoms. The van der Waals surface area contributed by atoms with Crippen LogP contribution in [0.25, 0.3) is 0 Å². The molecule has 0 bridgehead atoms. The van der Waals surface area contributed by atoms with Crippen molar-refractivity contribution in [3.8, 4) is 0 Å². The molecule has 3 nitrogen and oxygen atoms in total. The first-order valence-electron chi connectivity index (χ1n) is 7.08. The maximum atomic E-state index is 12.7. The number of halogens is 2. The number of amides is 1. The van der Waals surface area contributed by atoms with Gasteiger partial charge in [-0.3, -0.25) is 4.79 Å². The summed E-state index contributed by atoms with van der Waals surface area (Å²) in [5.74, 6) is -0.0823. The number of hydrogen-bond donors (Lipinski definition) is 1. The SMILES string of the molecule is CCCCC1=C(Br)C(O)(CBr)N(Cc2ccccc2)C1=O. The highest BCUT2D eigenvalue weighted by molar-refractivity contribution is 9.12. The number of aliphatic hydroxyl groups is 1. The summed E-state index contributed by atoms with van der Waals surface area (Å²) >= 11 is 6.79. The first-order valence-corrected chi connectivity index (χ1v) is 8.99. The molecule has 0 aliphatic carbocycles. The van der Waals surface area contributed by atoms with Gasteiger partial charge in [0.05, 0.1) is 9.81 Å². The van der Waals surface area contributed by atoms with Crippen LogP contribution in [0.5, 0.6) is 0 Å². The van der Waals surface area contributed by atoms with Crippen molar-refractivity contribution < 1.29 is 9.90 Å². The maximum absolute atomic E-state index is 12.7. The van der Waals surface area contributed by atoms with Crippen LogP contribution in [-0.4, -0.2) is 27.0 Å². The molecule has 0 radical (unpaired) electrons. The molecule has 1 aromatic carbocycles. The lowest BCUT2D eigenvalue weighted by Gasteiger charge is -2.33. The molecule has 1 aliphatic heterocycles. The molecule has 0 saturated heterocycles. The molecule has 1 atom stereocenters. The van der Waals surface area contributed by atoms with E-state index in [-0.39, 0.29) is 11.2 Å². The lowest BCUT2D eigenvalue weighted by molar-refractivity contribution is -0.140. The van der Waals surface area contributed by atoms with Crippen LogP contribution in [0.2, 0.25) is 0 Å². The van der Waals surface area contributed by atoms with Crippen LogP contribution >= 0.6 is 31.9 Å². The van der Waals surface area contributed by atoms with E-state index in [0.717, 1.165) is 18.4 Å². The monoisotopic (exact) mass is 415 g/mol. The minimum absolute atomic E-state index is 0.0823. The third-order valence-corrected chi connectivity index (χ3v) is 5.61. The maximum Gasteiger partial charge on any atom is 0.253 e. The molecule has 1 unspecified atom stereocenters. The van der Waals surface area contributed by atoms with Gasteiger partial charge < -0.3 is 10.0 Å². The van der Waals surface area contributed by atoms with E-state index >= 15 is 0 Å². The predicted octanol–water partition coefficient (Wildman–Crippen LogP) is 3.95. The summed E-state index contributed by atoms with van der Waals surface area (Å²) in [5, 5.41) is 11.2. The molecule has 1 heterocycles. The fourth-order valence-corrected chi connectivity index (χ4v) is 4.14. The molecule has 0 aromatic heterocycles. The lowest BCUT2D eigenvalue weighted by atomic mass is 10.1. The Bertz CT molecular complexity index is 544. The van der Waals surface area contributed by atoms with E-state index in [0.29, 0.717) is 23.0 Å². The number of benzene rings is 1. The van der Waals surface area contributed by atoms with Gasteiger partial charge in [-0.05, 0) is 34.3 Å². The first kappa shape index (κ1) is 16.7. The van der Waals surface area contributed by atoms with Crippen LogP contribution in [0.1, 0.15) is 31.7 Å². The van der Waals surface area contributed by atoms with Gasteiger partial charge in [0.15, 0.2) is 5.72 Å². The zero-order chi connectivity index (χ0) is 15.5. The van der Waals surface area contributed by atoms with Gasteiger partial charge >= 0.3 is 0 Å². The Morgan fingerprint density at radius 3 is 2.52 bits per heavy atom. The van der Waals surface area contributed by atoms with Crippen molar-refractivity contribution in [2.75, 3.05) is 5.33 Å². The minimum atomic E-state index is -1.30. The van der Waals surface area contributed by atoms with E-state index < -0.39 is 5.72 Å². The zero-order valence-corrected chi connectivity index (χ0v) is 15.2. The van der Waals surface area contributed by atoms with Crippen molar-refractivity contribution in [2.45, 2.75) is 38.5 Å². The average Bonchev–Trinajstić information content (AvgIpc) is 2.68. The number of alkyl halides is 1. The van der Waals surface area contributed by atoms with E-state index in [1.807, 2.05) is 30.3 Å². The van der Waals surface area contributed by atoms with Crippen LogP contribution in [0.15, 0.2) is 40.4 Å². The number of hydrogen-bond acceptors (Lipinski definition) is 2. The molecule has 1 aliphatic rings. The number of nitrogens with zero attached hydrogens (tertiary/aromatic N) is 1. The fourth-order valence-electron chi connectivity index (χ4n) is 2.45. The van der Waals surface area contributed by atoms with Crippen LogP contribution in [0, 0.1) is 0 Å². The van der Waals surface area contributed by atoms with Gasteiger partial charge in [0.1, 0.15) is 0 Å². The van der Waals surface area contributed by atoms with Crippen molar-refractivity contribution in [3.63, 3.8) is 0 Å². The van der Waals surface area contributed by atoms with Crippen LogP contribution in [0.4, 0.5) is 0 Å². The summed E-state index contributed by atoms with van der Waals surface area (Å²) in [6, 6.07) is 9.72. The largest absolute Gasteiger partial charge is 0.366 e. The second-order valence-electron chi connectivity index (χ2n) is 5.22. The predicted molar refractivity (Wildman–Crippen MR) is 91.2 cm³/mol. The molecule has 1 amide bonds. The molecule has 1 N–H and O–H groups in total. The van der Waals surface area contributed by atoms with E-state index in [4.69, 9.17) is 0 Å². The van der Waals surface area contributed by atoms with Crippen molar-refractivity contribution in [1.82, 2.24) is 4.90 Å². The zero-order valence-electron chi connectivity index (χ0n) is 12.0. The molecular formula is C16H19Br2NO2. The van der Waals surface area contributed by atoms with Crippen molar-refractivity contribution in [1.29, 1.82) is 0 Å². The Hall–Kier alpha value is -0.650. The Labute approximate surface area is 142 Å². The highest BCUT2D eigenvalue weighted by atomic mass is 79.9. The topological polar surface area (TPSA) is 40.5 Å². The quantitative estimate of drug-likeness (QED) is 0.713. The van der Waals surface area contributed by atoms with Crippen LogP contribution < -0.4 is 0 Å². The van der Waals surface area contributed by atoms with Gasteiger partial charge in [0, 0.05) is 12.1 Å². The normalized spacial score (nSPS) is 22.3. The molecule has 0 spiro atoms. The smallest absolute Gasteiger partial charge is 0.253 e.